The number of imidazole rings is 2. The highest BCUT2D eigenvalue weighted by Crippen LogP contribution is 2.23. The average molecular weight is 252 g/mol. The largest absolute Gasteiger partial charge is 0.382 e. The summed E-state index contributed by atoms with van der Waals surface area (Å²) in [5.41, 5.74) is 0. The number of nitrogens with zero attached hydrogens (tertiary/aromatic N) is 5. The van der Waals surface area contributed by atoms with E-state index in [0.717, 1.165) is 6.20 Å². The van der Waals surface area contributed by atoms with Crippen LogP contribution in [0.2, 0.25) is 0 Å². The number of hydrogen-bond acceptors (Lipinski definition) is 6. The van der Waals surface area contributed by atoms with Crippen molar-refractivity contribution in [2.75, 3.05) is 0 Å². The monoisotopic (exact) mass is 252 g/mol. The van der Waals surface area contributed by atoms with Gasteiger partial charge in [0.1, 0.15) is 6.20 Å². The molecule has 0 bridgehead atoms. The molecule has 0 atom stereocenters. The molecule has 2 aromatic rings. The zero-order chi connectivity index (χ0) is 13.4. The molecular weight excluding hydrogens is 244 g/mol. The second-order valence-electron chi connectivity index (χ2n) is 3.52. The standard InChI is InChI=1S/C8H8N6O4/c1-4-9-7(8(10-4)14(17)18)12-3-6(13(15)16)11-5(12)2/h3H,1-2H3,(H,9,10). The minimum atomic E-state index is -0.672. The molecule has 0 aromatic carbocycles. The Morgan fingerprint density at radius 2 is 1.89 bits per heavy atom. The highest BCUT2D eigenvalue weighted by molar-refractivity contribution is 5.44. The number of rotatable bonds is 3. The van der Waals surface area contributed by atoms with Crippen LogP contribution in [0.15, 0.2) is 6.20 Å². The number of nitro groups is 2. The van der Waals surface area contributed by atoms with E-state index in [-0.39, 0.29) is 23.3 Å². The van der Waals surface area contributed by atoms with E-state index >= 15 is 0 Å². The summed E-state index contributed by atoms with van der Waals surface area (Å²) in [7, 11) is 0. The number of aromatic amines is 1. The molecule has 0 saturated heterocycles. The number of hydrogen-bond donors (Lipinski definition) is 1. The van der Waals surface area contributed by atoms with Gasteiger partial charge in [-0.05, 0) is 14.8 Å². The molecule has 10 nitrogen and oxygen atoms in total. The number of aryl methyl sites for hydroxylation is 2. The molecule has 94 valence electrons. The Bertz CT molecular complexity index is 642. The first-order valence-electron chi connectivity index (χ1n) is 4.82. The van der Waals surface area contributed by atoms with Gasteiger partial charge in [0.15, 0.2) is 5.82 Å². The molecule has 0 aliphatic heterocycles. The van der Waals surface area contributed by atoms with Crippen molar-refractivity contribution in [3.05, 3.63) is 38.1 Å². The van der Waals surface area contributed by atoms with Crippen LogP contribution in [0, 0.1) is 34.1 Å². The lowest BCUT2D eigenvalue weighted by Gasteiger charge is -1.97. The fraction of sp³-hybridized carbons (Fsp3) is 0.250. The minimum absolute atomic E-state index is 0.0180. The Morgan fingerprint density at radius 3 is 2.39 bits per heavy atom. The summed E-state index contributed by atoms with van der Waals surface area (Å²) in [6.45, 7) is 3.05. The van der Waals surface area contributed by atoms with Crippen molar-refractivity contribution in [3.8, 4) is 5.82 Å². The Labute approximate surface area is 99.6 Å². The molecule has 0 spiro atoms. The van der Waals surface area contributed by atoms with Gasteiger partial charge in [-0.3, -0.25) is 4.57 Å². The van der Waals surface area contributed by atoms with Gasteiger partial charge in [0.25, 0.3) is 0 Å². The Balaban J connectivity index is 2.61. The van der Waals surface area contributed by atoms with Crippen LogP contribution in [0.4, 0.5) is 11.6 Å². The van der Waals surface area contributed by atoms with E-state index in [0.29, 0.717) is 5.82 Å². The van der Waals surface area contributed by atoms with Gasteiger partial charge >= 0.3 is 11.6 Å². The van der Waals surface area contributed by atoms with Gasteiger partial charge in [-0.15, -0.1) is 0 Å². The molecular formula is C8H8N6O4. The number of H-pyrrole nitrogens is 1. The smallest absolute Gasteiger partial charge is 0.358 e. The van der Waals surface area contributed by atoms with Crippen molar-refractivity contribution in [2.45, 2.75) is 13.8 Å². The predicted molar refractivity (Wildman–Crippen MR) is 58.5 cm³/mol. The predicted octanol–water partition coefficient (Wildman–Crippen LogP) is 1.03. The van der Waals surface area contributed by atoms with E-state index in [1.165, 1.54) is 11.5 Å². The Hall–Kier alpha value is -2.78. The van der Waals surface area contributed by atoms with Gasteiger partial charge in [0.2, 0.25) is 11.6 Å². The van der Waals surface area contributed by atoms with Gasteiger partial charge in [-0.25, -0.2) is 4.98 Å². The second-order valence-corrected chi connectivity index (χ2v) is 3.52. The fourth-order valence-corrected chi connectivity index (χ4v) is 1.52. The van der Waals surface area contributed by atoms with Gasteiger partial charge in [0, 0.05) is 13.8 Å². The van der Waals surface area contributed by atoms with Gasteiger partial charge in [0.05, 0.1) is 0 Å². The van der Waals surface area contributed by atoms with Crippen LogP contribution in [0.1, 0.15) is 11.6 Å². The molecule has 0 saturated carbocycles. The van der Waals surface area contributed by atoms with Crippen LogP contribution < -0.4 is 0 Å². The Morgan fingerprint density at radius 1 is 1.22 bits per heavy atom. The maximum absolute atomic E-state index is 10.8. The molecule has 18 heavy (non-hydrogen) atoms. The third kappa shape index (κ3) is 1.79. The van der Waals surface area contributed by atoms with Crippen molar-refractivity contribution >= 4 is 11.6 Å². The van der Waals surface area contributed by atoms with Gasteiger partial charge < -0.3 is 20.2 Å². The van der Waals surface area contributed by atoms with Crippen molar-refractivity contribution in [2.24, 2.45) is 0 Å². The SMILES string of the molecule is Cc1nc(-n2cc([N+](=O)[O-])nc2C)c([N+](=O)[O-])[nH]1. The molecule has 0 fully saturated rings. The average Bonchev–Trinajstić information content (AvgIpc) is 2.81. The molecule has 2 heterocycles. The summed E-state index contributed by atoms with van der Waals surface area (Å²) in [6.07, 6.45) is 1.10. The molecule has 2 rings (SSSR count). The van der Waals surface area contributed by atoms with Gasteiger partial charge in [-0.1, -0.05) is 0 Å². The van der Waals surface area contributed by atoms with Crippen LogP contribution in [0.3, 0.4) is 0 Å². The topological polar surface area (TPSA) is 133 Å². The maximum Gasteiger partial charge on any atom is 0.382 e. The van der Waals surface area contributed by atoms with E-state index < -0.39 is 9.85 Å². The quantitative estimate of drug-likeness (QED) is 0.640. The first-order valence-corrected chi connectivity index (χ1v) is 4.82. The molecule has 0 aliphatic carbocycles. The molecule has 2 aromatic heterocycles. The fourth-order valence-electron chi connectivity index (χ4n) is 1.52. The number of aromatic nitrogens is 4. The highest BCUT2D eigenvalue weighted by Gasteiger charge is 2.25. The van der Waals surface area contributed by atoms with Crippen LogP contribution >= 0.6 is 0 Å². The highest BCUT2D eigenvalue weighted by atomic mass is 16.6. The second kappa shape index (κ2) is 3.91. The first-order chi connectivity index (χ1) is 8.40. The molecule has 1 N–H and O–H groups in total. The van der Waals surface area contributed by atoms with E-state index in [4.69, 9.17) is 0 Å². The summed E-state index contributed by atoms with van der Waals surface area (Å²) in [4.78, 5) is 30.2. The summed E-state index contributed by atoms with van der Waals surface area (Å²) >= 11 is 0. The molecule has 0 aliphatic rings. The molecule has 0 radical (unpaired) electrons. The van der Waals surface area contributed by atoms with E-state index in [2.05, 4.69) is 15.0 Å². The normalized spacial score (nSPS) is 10.6. The maximum atomic E-state index is 10.8. The molecule has 10 heteroatoms. The van der Waals surface area contributed by atoms with E-state index in [1.54, 1.807) is 6.92 Å². The molecule has 0 unspecified atom stereocenters. The lowest BCUT2D eigenvalue weighted by molar-refractivity contribution is -0.389. The van der Waals surface area contributed by atoms with Crippen molar-refractivity contribution < 1.29 is 9.85 Å². The van der Waals surface area contributed by atoms with Crippen molar-refractivity contribution in [1.82, 2.24) is 19.5 Å². The third-order valence-electron chi connectivity index (χ3n) is 2.25. The summed E-state index contributed by atoms with van der Waals surface area (Å²) in [6, 6.07) is 0. The van der Waals surface area contributed by atoms with Crippen LogP contribution in [0.25, 0.3) is 5.82 Å². The van der Waals surface area contributed by atoms with Crippen LogP contribution in [-0.2, 0) is 0 Å². The Kier molecular flexibility index (Phi) is 2.54. The van der Waals surface area contributed by atoms with Gasteiger partial charge in [-0.2, -0.15) is 4.98 Å². The van der Waals surface area contributed by atoms with Crippen molar-refractivity contribution in [3.63, 3.8) is 0 Å². The lowest BCUT2D eigenvalue weighted by atomic mass is 10.6. The van der Waals surface area contributed by atoms with E-state index in [1.807, 2.05) is 0 Å². The molecule has 0 amide bonds. The minimum Gasteiger partial charge on any atom is -0.358 e. The zero-order valence-corrected chi connectivity index (χ0v) is 9.45. The third-order valence-corrected chi connectivity index (χ3v) is 2.25. The summed E-state index contributed by atoms with van der Waals surface area (Å²) in [5.74, 6) is -0.148. The lowest BCUT2D eigenvalue weighted by Crippen LogP contribution is -2.00. The first kappa shape index (κ1) is 11.7. The zero-order valence-electron chi connectivity index (χ0n) is 9.45. The number of nitrogens with one attached hydrogen (secondary N) is 1. The van der Waals surface area contributed by atoms with E-state index in [9.17, 15) is 20.2 Å². The van der Waals surface area contributed by atoms with Crippen molar-refractivity contribution in [1.29, 1.82) is 0 Å². The summed E-state index contributed by atoms with van der Waals surface area (Å²) in [5, 5.41) is 21.4. The summed E-state index contributed by atoms with van der Waals surface area (Å²) < 4.78 is 1.21. The van der Waals surface area contributed by atoms with Crippen LogP contribution in [-0.4, -0.2) is 29.4 Å². The van der Waals surface area contributed by atoms with Crippen LogP contribution in [0.5, 0.6) is 0 Å².